The molecule has 1 unspecified atom stereocenters. The Morgan fingerprint density at radius 2 is 2.03 bits per heavy atom. The SMILES string of the molecule is CON(F)CCC(C=O)c1coc2ccc3cc(OCCN4CCN(C(C)=O)CC4)ccc3c12. The van der Waals surface area contributed by atoms with E-state index in [9.17, 15) is 14.1 Å². The number of aldehydes is 1. The molecule has 9 heteroatoms. The number of nitrogens with zero attached hydrogens (tertiary/aromatic N) is 3. The Labute approximate surface area is 197 Å². The van der Waals surface area contributed by atoms with Crippen molar-refractivity contribution in [1.82, 2.24) is 15.1 Å². The summed E-state index contributed by atoms with van der Waals surface area (Å²) in [5, 5.41) is 2.98. The molecule has 1 aliphatic rings. The minimum atomic E-state index is -0.514. The van der Waals surface area contributed by atoms with E-state index in [1.54, 1.807) is 13.2 Å². The van der Waals surface area contributed by atoms with Gasteiger partial charge in [0.2, 0.25) is 5.91 Å². The molecule has 0 N–H and O–H groups in total. The summed E-state index contributed by atoms with van der Waals surface area (Å²) in [5.41, 5.74) is 1.41. The van der Waals surface area contributed by atoms with Crippen molar-refractivity contribution < 1.29 is 28.1 Å². The number of carbonyl (C=O) groups excluding carboxylic acids is 2. The predicted molar refractivity (Wildman–Crippen MR) is 126 cm³/mol. The van der Waals surface area contributed by atoms with E-state index in [1.807, 2.05) is 35.2 Å². The molecule has 3 aromatic rings. The summed E-state index contributed by atoms with van der Waals surface area (Å²) >= 11 is 0. The van der Waals surface area contributed by atoms with Crippen LogP contribution in [0.4, 0.5) is 4.48 Å². The van der Waals surface area contributed by atoms with Crippen LogP contribution in [0.5, 0.6) is 5.75 Å². The van der Waals surface area contributed by atoms with Crippen LogP contribution >= 0.6 is 0 Å². The van der Waals surface area contributed by atoms with Crippen LogP contribution < -0.4 is 4.74 Å². The van der Waals surface area contributed by atoms with E-state index in [0.717, 1.165) is 66.5 Å². The lowest BCUT2D eigenvalue weighted by Gasteiger charge is -2.34. The van der Waals surface area contributed by atoms with Crippen LogP contribution in [-0.4, -0.2) is 80.3 Å². The van der Waals surface area contributed by atoms with E-state index in [4.69, 9.17) is 9.15 Å². The Bertz CT molecular complexity index is 1140. The monoisotopic (exact) mass is 471 g/mol. The van der Waals surface area contributed by atoms with E-state index >= 15 is 0 Å². The van der Waals surface area contributed by atoms with E-state index in [2.05, 4.69) is 9.74 Å². The van der Waals surface area contributed by atoms with Gasteiger partial charge >= 0.3 is 0 Å². The fourth-order valence-corrected chi connectivity index (χ4v) is 4.44. The summed E-state index contributed by atoms with van der Waals surface area (Å²) in [6.45, 7) is 6.14. The fourth-order valence-electron chi connectivity index (χ4n) is 4.44. The van der Waals surface area contributed by atoms with Crippen LogP contribution in [0.25, 0.3) is 21.7 Å². The summed E-state index contributed by atoms with van der Waals surface area (Å²) in [6, 6.07) is 9.69. The van der Waals surface area contributed by atoms with Gasteiger partial charge in [0.25, 0.3) is 0 Å². The molecule has 1 fully saturated rings. The number of hydroxylamine groups is 1. The zero-order chi connectivity index (χ0) is 24.1. The lowest BCUT2D eigenvalue weighted by molar-refractivity contribution is -0.261. The average Bonchev–Trinajstić information content (AvgIpc) is 3.29. The van der Waals surface area contributed by atoms with Gasteiger partial charge in [-0.3, -0.25) is 14.5 Å². The molecule has 2 heterocycles. The third kappa shape index (κ3) is 5.38. The number of benzene rings is 2. The van der Waals surface area contributed by atoms with E-state index in [-0.39, 0.29) is 24.2 Å². The van der Waals surface area contributed by atoms with Gasteiger partial charge in [0.15, 0.2) is 0 Å². The zero-order valence-corrected chi connectivity index (χ0v) is 19.5. The first kappa shape index (κ1) is 24.1. The number of hydrogen-bond acceptors (Lipinski definition) is 7. The van der Waals surface area contributed by atoms with Crippen molar-refractivity contribution in [3.63, 3.8) is 0 Å². The Balaban J connectivity index is 1.44. The molecule has 182 valence electrons. The molecule has 2 aromatic carbocycles. The number of carbonyl (C=O) groups is 2. The molecule has 1 aromatic heterocycles. The Hall–Kier alpha value is -3.01. The summed E-state index contributed by atoms with van der Waals surface area (Å²) < 4.78 is 25.1. The number of amides is 1. The van der Waals surface area contributed by atoms with Gasteiger partial charge in [0.1, 0.15) is 24.2 Å². The number of piperazine rings is 1. The average molecular weight is 472 g/mol. The number of fused-ring (bicyclic) bond motifs is 3. The van der Waals surface area contributed by atoms with Gasteiger partial charge in [-0.2, -0.15) is 0 Å². The number of rotatable bonds is 10. The number of halogens is 1. The molecule has 0 saturated carbocycles. The first-order valence-electron chi connectivity index (χ1n) is 11.5. The molecule has 0 radical (unpaired) electrons. The van der Waals surface area contributed by atoms with Gasteiger partial charge < -0.3 is 18.8 Å². The number of ether oxygens (including phenoxy) is 1. The Morgan fingerprint density at radius 1 is 1.24 bits per heavy atom. The highest BCUT2D eigenvalue weighted by Gasteiger charge is 2.21. The highest BCUT2D eigenvalue weighted by atomic mass is 19.2. The molecule has 34 heavy (non-hydrogen) atoms. The number of hydrogen-bond donors (Lipinski definition) is 0. The van der Waals surface area contributed by atoms with Crippen molar-refractivity contribution in [2.24, 2.45) is 0 Å². The van der Waals surface area contributed by atoms with E-state index < -0.39 is 5.92 Å². The molecule has 0 aliphatic carbocycles. The molecular weight excluding hydrogens is 441 g/mol. The van der Waals surface area contributed by atoms with Gasteiger partial charge in [-0.15, -0.1) is 4.48 Å². The van der Waals surface area contributed by atoms with Crippen molar-refractivity contribution in [3.8, 4) is 5.75 Å². The molecule has 0 bridgehead atoms. The Morgan fingerprint density at radius 3 is 2.74 bits per heavy atom. The van der Waals surface area contributed by atoms with Crippen LogP contribution in [0.15, 0.2) is 41.0 Å². The lowest BCUT2D eigenvalue weighted by Crippen LogP contribution is -2.48. The fraction of sp³-hybridized carbons (Fsp3) is 0.440. The molecule has 1 amide bonds. The van der Waals surface area contributed by atoms with Gasteiger partial charge in [-0.25, -0.2) is 0 Å². The second-order valence-corrected chi connectivity index (χ2v) is 8.46. The summed E-state index contributed by atoms with van der Waals surface area (Å²) in [4.78, 5) is 31.9. The van der Waals surface area contributed by atoms with Crippen LogP contribution in [0.2, 0.25) is 0 Å². The summed E-state index contributed by atoms with van der Waals surface area (Å²) in [6.07, 6.45) is 2.66. The first-order valence-corrected chi connectivity index (χ1v) is 11.5. The maximum atomic E-state index is 13.4. The third-order valence-electron chi connectivity index (χ3n) is 6.43. The zero-order valence-electron chi connectivity index (χ0n) is 19.5. The van der Waals surface area contributed by atoms with E-state index in [0.29, 0.717) is 12.2 Å². The van der Waals surface area contributed by atoms with Crippen LogP contribution in [0.1, 0.15) is 24.8 Å². The van der Waals surface area contributed by atoms with Gasteiger partial charge in [-0.05, 0) is 46.7 Å². The van der Waals surface area contributed by atoms with Crippen molar-refractivity contribution in [2.75, 3.05) is 53.0 Å². The second-order valence-electron chi connectivity index (χ2n) is 8.46. The van der Waals surface area contributed by atoms with Crippen molar-refractivity contribution in [1.29, 1.82) is 0 Å². The van der Waals surface area contributed by atoms with Gasteiger partial charge in [0, 0.05) is 56.5 Å². The van der Waals surface area contributed by atoms with Gasteiger partial charge in [-0.1, -0.05) is 6.07 Å². The van der Waals surface area contributed by atoms with Crippen molar-refractivity contribution >= 4 is 33.9 Å². The van der Waals surface area contributed by atoms with Gasteiger partial charge in [0.05, 0.1) is 19.9 Å². The second kappa shape index (κ2) is 10.9. The maximum absolute atomic E-state index is 13.4. The molecule has 0 spiro atoms. The largest absolute Gasteiger partial charge is 0.492 e. The van der Waals surface area contributed by atoms with E-state index in [1.165, 1.54) is 7.11 Å². The quantitative estimate of drug-likeness (QED) is 0.254. The minimum Gasteiger partial charge on any atom is -0.492 e. The topological polar surface area (TPSA) is 75.5 Å². The molecule has 8 nitrogen and oxygen atoms in total. The van der Waals surface area contributed by atoms with Crippen molar-refractivity contribution in [3.05, 3.63) is 42.2 Å². The van der Waals surface area contributed by atoms with Crippen LogP contribution in [0, 0.1) is 0 Å². The number of furan rings is 1. The smallest absolute Gasteiger partial charge is 0.219 e. The standard InChI is InChI=1S/C25H30FN3O5/c1-18(31)28-11-9-27(10-12-28)13-14-33-21-4-5-22-19(15-21)3-6-24-25(22)23(17-34-24)20(16-30)7-8-29(26)32-2/h3-6,15-17,20H,7-14H2,1-2H3. The molecule has 1 aliphatic heterocycles. The highest BCUT2D eigenvalue weighted by molar-refractivity contribution is 6.08. The highest BCUT2D eigenvalue weighted by Crippen LogP contribution is 2.36. The maximum Gasteiger partial charge on any atom is 0.219 e. The Kier molecular flexibility index (Phi) is 7.77. The normalized spacial score (nSPS) is 15.8. The lowest BCUT2D eigenvalue weighted by atomic mass is 9.94. The summed E-state index contributed by atoms with van der Waals surface area (Å²) in [5.74, 6) is 0.375. The molecule has 1 atom stereocenters. The minimum absolute atomic E-state index is 0.0286. The first-order chi connectivity index (χ1) is 16.5. The predicted octanol–water partition coefficient (Wildman–Crippen LogP) is 3.55. The molecular formula is C25H30FN3O5. The van der Waals surface area contributed by atoms with Crippen LogP contribution in [-0.2, 0) is 14.4 Å². The molecule has 1 saturated heterocycles. The van der Waals surface area contributed by atoms with Crippen molar-refractivity contribution in [2.45, 2.75) is 19.3 Å². The van der Waals surface area contributed by atoms with Crippen LogP contribution in [0.3, 0.4) is 0 Å². The summed E-state index contributed by atoms with van der Waals surface area (Å²) in [7, 11) is 1.24. The third-order valence-corrected chi connectivity index (χ3v) is 6.43. The molecule has 4 rings (SSSR count).